The van der Waals surface area contributed by atoms with E-state index in [1.807, 2.05) is 0 Å². The number of halogens is 2. The van der Waals surface area contributed by atoms with Gasteiger partial charge in [-0.15, -0.1) is 0 Å². The lowest BCUT2D eigenvalue weighted by atomic mass is 10.3. The molecule has 2 aromatic rings. The third-order valence-corrected chi connectivity index (χ3v) is 3.96. The number of nitrogens with one attached hydrogen (secondary N) is 1. The van der Waals surface area contributed by atoms with Crippen LogP contribution in [0.3, 0.4) is 0 Å². The summed E-state index contributed by atoms with van der Waals surface area (Å²) in [5, 5.41) is 2.33. The van der Waals surface area contributed by atoms with Crippen LogP contribution in [0.1, 0.15) is 0 Å². The van der Waals surface area contributed by atoms with Crippen LogP contribution < -0.4 is 15.0 Å². The number of benzene rings is 1. The largest absolute Gasteiger partial charge is 0.413 e. The highest BCUT2D eigenvalue weighted by Gasteiger charge is 2.18. The standard InChI is InChI=1S/C9H5Br2NO4S/c1-12-8(13)15-6-3(10)2-4-7(5(6)11)16-9(14)17-4/h2H,1H3,(H,12,13). The molecule has 0 saturated heterocycles. The highest BCUT2D eigenvalue weighted by Crippen LogP contribution is 2.40. The summed E-state index contributed by atoms with van der Waals surface area (Å²) in [7, 11) is 1.45. The second-order valence-corrected chi connectivity index (χ2v) is 5.55. The summed E-state index contributed by atoms with van der Waals surface area (Å²) in [5.74, 6) is 0.262. The first-order chi connectivity index (χ1) is 8.02. The first kappa shape index (κ1) is 12.6. The summed E-state index contributed by atoms with van der Waals surface area (Å²) in [4.78, 5) is 21.9. The number of amides is 1. The molecule has 8 heteroatoms. The molecule has 0 atom stereocenters. The van der Waals surface area contributed by atoms with Gasteiger partial charge in [0.25, 0.3) is 0 Å². The quantitative estimate of drug-likeness (QED) is 0.822. The number of ether oxygens (including phenoxy) is 1. The fourth-order valence-corrected chi connectivity index (χ4v) is 3.53. The average molecular weight is 383 g/mol. The van der Waals surface area contributed by atoms with Crippen LogP contribution >= 0.6 is 43.2 Å². The van der Waals surface area contributed by atoms with Crippen molar-refractivity contribution >= 4 is 59.6 Å². The van der Waals surface area contributed by atoms with E-state index in [0.717, 1.165) is 11.3 Å². The maximum Gasteiger partial charge on any atom is 0.412 e. The molecule has 0 aliphatic carbocycles. The Hall–Kier alpha value is -0.860. The minimum Gasteiger partial charge on any atom is -0.413 e. The van der Waals surface area contributed by atoms with Crippen molar-refractivity contribution in [1.29, 1.82) is 0 Å². The fraction of sp³-hybridized carbons (Fsp3) is 0.111. The van der Waals surface area contributed by atoms with E-state index in [9.17, 15) is 9.59 Å². The number of rotatable bonds is 1. The number of carbonyl (C=O) groups is 1. The van der Waals surface area contributed by atoms with Gasteiger partial charge in [0.1, 0.15) is 4.47 Å². The van der Waals surface area contributed by atoms with Gasteiger partial charge < -0.3 is 14.5 Å². The Labute approximate surface area is 116 Å². The van der Waals surface area contributed by atoms with Crippen LogP contribution in [0.5, 0.6) is 5.75 Å². The molecular weight excluding hydrogens is 378 g/mol. The lowest BCUT2D eigenvalue weighted by Crippen LogP contribution is -2.22. The number of hydrogen-bond acceptors (Lipinski definition) is 5. The van der Waals surface area contributed by atoms with E-state index < -0.39 is 11.0 Å². The number of carbonyl (C=O) groups excluding carboxylic acids is 1. The van der Waals surface area contributed by atoms with Gasteiger partial charge in [-0.25, -0.2) is 9.59 Å². The minimum atomic E-state index is -0.608. The van der Waals surface area contributed by atoms with Gasteiger partial charge in [0, 0.05) is 7.05 Å². The van der Waals surface area contributed by atoms with Gasteiger partial charge in [0.2, 0.25) is 0 Å². The topological polar surface area (TPSA) is 68.5 Å². The Balaban J connectivity index is 2.62. The highest BCUT2D eigenvalue weighted by atomic mass is 79.9. The van der Waals surface area contributed by atoms with Crippen molar-refractivity contribution in [2.24, 2.45) is 0 Å². The second-order valence-electron chi connectivity index (χ2n) is 2.92. The molecule has 1 amide bonds. The SMILES string of the molecule is CNC(=O)Oc1c(Br)cc2sc(=O)oc2c1Br. The third kappa shape index (κ3) is 2.38. The van der Waals surface area contributed by atoms with Gasteiger partial charge in [-0.05, 0) is 37.9 Å². The summed E-state index contributed by atoms with van der Waals surface area (Å²) >= 11 is 7.48. The summed E-state index contributed by atoms with van der Waals surface area (Å²) < 4.78 is 11.7. The zero-order valence-electron chi connectivity index (χ0n) is 8.37. The van der Waals surface area contributed by atoms with Crippen molar-refractivity contribution in [3.05, 3.63) is 24.7 Å². The highest BCUT2D eigenvalue weighted by molar-refractivity contribution is 9.11. The summed E-state index contributed by atoms with van der Waals surface area (Å²) in [6.07, 6.45) is -0.608. The minimum absolute atomic E-state index is 0.262. The van der Waals surface area contributed by atoms with Gasteiger partial charge in [-0.1, -0.05) is 11.3 Å². The van der Waals surface area contributed by atoms with Crippen LogP contribution in [0.25, 0.3) is 10.3 Å². The van der Waals surface area contributed by atoms with Gasteiger partial charge in [0.15, 0.2) is 11.3 Å². The normalized spacial score (nSPS) is 10.5. The first-order valence-corrected chi connectivity index (χ1v) is 6.74. The molecule has 90 valence electrons. The Bertz CT molecular complexity index is 648. The smallest absolute Gasteiger partial charge is 0.412 e. The van der Waals surface area contributed by atoms with Crippen LogP contribution in [0, 0.1) is 0 Å². The van der Waals surface area contributed by atoms with E-state index in [4.69, 9.17) is 9.15 Å². The molecule has 0 radical (unpaired) electrons. The van der Waals surface area contributed by atoms with Gasteiger partial charge >= 0.3 is 11.0 Å². The number of fused-ring (bicyclic) bond motifs is 1. The molecule has 0 aliphatic rings. The van der Waals surface area contributed by atoms with Crippen molar-refractivity contribution in [2.75, 3.05) is 7.05 Å². The molecule has 5 nitrogen and oxygen atoms in total. The van der Waals surface area contributed by atoms with Crippen molar-refractivity contribution in [3.8, 4) is 5.75 Å². The van der Waals surface area contributed by atoms with E-state index in [2.05, 4.69) is 37.2 Å². The molecule has 1 aromatic carbocycles. The lowest BCUT2D eigenvalue weighted by molar-refractivity contribution is 0.202. The Morgan fingerprint density at radius 3 is 2.88 bits per heavy atom. The Morgan fingerprint density at radius 1 is 1.53 bits per heavy atom. The molecule has 1 N–H and O–H groups in total. The number of hydrogen-bond donors (Lipinski definition) is 1. The maximum absolute atomic E-state index is 11.2. The zero-order valence-corrected chi connectivity index (χ0v) is 12.4. The molecule has 0 bridgehead atoms. The summed E-state index contributed by atoms with van der Waals surface area (Å²) in [6, 6.07) is 1.66. The van der Waals surface area contributed by atoms with Crippen LogP contribution in [0.4, 0.5) is 4.79 Å². The molecular formula is C9H5Br2NO4S. The molecule has 0 fully saturated rings. The predicted octanol–water partition coefficient (Wildman–Crippen LogP) is 3.10. The van der Waals surface area contributed by atoms with E-state index in [0.29, 0.717) is 19.2 Å². The van der Waals surface area contributed by atoms with Crippen LogP contribution in [0.15, 0.2) is 24.2 Å². The average Bonchev–Trinajstić information content (AvgIpc) is 2.64. The molecule has 1 aromatic heterocycles. The fourth-order valence-electron chi connectivity index (χ4n) is 1.16. The monoisotopic (exact) mass is 381 g/mol. The molecule has 2 rings (SSSR count). The summed E-state index contributed by atoms with van der Waals surface area (Å²) in [5.41, 5.74) is 0.363. The van der Waals surface area contributed by atoms with Crippen molar-refractivity contribution in [1.82, 2.24) is 5.32 Å². The van der Waals surface area contributed by atoms with Gasteiger partial charge in [-0.2, -0.15) is 0 Å². The van der Waals surface area contributed by atoms with Crippen molar-refractivity contribution in [3.63, 3.8) is 0 Å². The summed E-state index contributed by atoms with van der Waals surface area (Å²) in [6.45, 7) is 0. The molecule has 0 saturated carbocycles. The Morgan fingerprint density at radius 2 is 2.24 bits per heavy atom. The third-order valence-electron chi connectivity index (χ3n) is 1.87. The molecule has 0 spiro atoms. The molecule has 0 aliphatic heterocycles. The second kappa shape index (κ2) is 4.79. The van der Waals surface area contributed by atoms with Crippen molar-refractivity contribution in [2.45, 2.75) is 0 Å². The lowest BCUT2D eigenvalue weighted by Gasteiger charge is -2.07. The molecule has 17 heavy (non-hydrogen) atoms. The first-order valence-electron chi connectivity index (χ1n) is 4.34. The van der Waals surface area contributed by atoms with E-state index >= 15 is 0 Å². The zero-order chi connectivity index (χ0) is 12.6. The van der Waals surface area contributed by atoms with Crippen LogP contribution in [0.2, 0.25) is 0 Å². The van der Waals surface area contributed by atoms with Crippen LogP contribution in [-0.4, -0.2) is 13.1 Å². The van der Waals surface area contributed by atoms with Crippen LogP contribution in [-0.2, 0) is 0 Å². The van der Waals surface area contributed by atoms with Crippen molar-refractivity contribution < 1.29 is 13.9 Å². The molecule has 0 unspecified atom stereocenters. The van der Waals surface area contributed by atoms with E-state index in [1.54, 1.807) is 6.07 Å². The van der Waals surface area contributed by atoms with E-state index in [-0.39, 0.29) is 5.75 Å². The van der Waals surface area contributed by atoms with E-state index in [1.165, 1.54) is 7.05 Å². The van der Waals surface area contributed by atoms with Gasteiger partial charge in [0.05, 0.1) is 9.17 Å². The predicted molar refractivity (Wildman–Crippen MR) is 70.8 cm³/mol. The van der Waals surface area contributed by atoms with Gasteiger partial charge in [-0.3, -0.25) is 0 Å². The maximum atomic E-state index is 11.2. The Kier molecular flexibility index (Phi) is 3.55. The molecule has 1 heterocycles.